The fraction of sp³-hybridized carbons (Fsp3) is 0.226. The van der Waals surface area contributed by atoms with Crippen molar-refractivity contribution in [3.8, 4) is 17.3 Å². The lowest BCUT2D eigenvalue weighted by molar-refractivity contribution is -0.124. The molecule has 0 spiro atoms. The number of rotatable bonds is 6. The smallest absolute Gasteiger partial charge is 0.318 e. The summed E-state index contributed by atoms with van der Waals surface area (Å²) in [6.45, 7) is 4.54. The van der Waals surface area contributed by atoms with Crippen molar-refractivity contribution < 1.29 is 22.7 Å². The van der Waals surface area contributed by atoms with Crippen molar-refractivity contribution >= 4 is 39.5 Å². The molecule has 0 aliphatic carbocycles. The molecule has 0 bridgehead atoms. The number of likely N-dealkylation sites (tertiary alicyclic amines) is 1. The van der Waals surface area contributed by atoms with Gasteiger partial charge in [0.15, 0.2) is 17.5 Å². The number of aromatic nitrogens is 5. The highest BCUT2D eigenvalue weighted by atomic mass is 19.2. The minimum absolute atomic E-state index is 0.0811. The van der Waals surface area contributed by atoms with E-state index in [1.165, 1.54) is 31.5 Å². The SMILES string of the molecule is COc1nc(NC2CCN(C(=O)/C=C/c3cc(C)nc(C)n3)C2)c2cnc(-c3cccc4ccc(F)c(F)c34)c(F)c2n1. The Kier molecular flexibility index (Phi) is 7.34. The number of amides is 1. The number of ether oxygens (including phenoxy) is 1. The van der Waals surface area contributed by atoms with Gasteiger partial charge in [-0.2, -0.15) is 9.97 Å². The molecule has 0 radical (unpaired) electrons. The molecule has 218 valence electrons. The summed E-state index contributed by atoms with van der Waals surface area (Å²) >= 11 is 0. The molecule has 43 heavy (non-hydrogen) atoms. The van der Waals surface area contributed by atoms with Crippen LogP contribution in [0.15, 0.2) is 48.7 Å². The topological polar surface area (TPSA) is 106 Å². The van der Waals surface area contributed by atoms with Gasteiger partial charge in [0.1, 0.15) is 22.9 Å². The van der Waals surface area contributed by atoms with Crippen LogP contribution in [-0.4, -0.2) is 62.0 Å². The van der Waals surface area contributed by atoms with E-state index in [0.717, 1.165) is 11.8 Å². The quantitative estimate of drug-likeness (QED) is 0.264. The first-order valence-corrected chi connectivity index (χ1v) is 13.5. The van der Waals surface area contributed by atoms with E-state index in [4.69, 9.17) is 4.74 Å². The summed E-state index contributed by atoms with van der Waals surface area (Å²) in [4.78, 5) is 36.0. The molecule has 1 amide bonds. The van der Waals surface area contributed by atoms with Crippen molar-refractivity contribution in [1.29, 1.82) is 0 Å². The van der Waals surface area contributed by atoms with Gasteiger partial charge in [0.2, 0.25) is 5.91 Å². The van der Waals surface area contributed by atoms with Gasteiger partial charge in [0, 0.05) is 48.0 Å². The average Bonchev–Trinajstić information content (AvgIpc) is 3.46. The van der Waals surface area contributed by atoms with Crippen LogP contribution in [-0.2, 0) is 4.79 Å². The van der Waals surface area contributed by atoms with Gasteiger partial charge in [-0.3, -0.25) is 9.78 Å². The number of aryl methyl sites for hydroxylation is 2. The number of methoxy groups -OCH3 is 1. The van der Waals surface area contributed by atoms with Gasteiger partial charge in [0.25, 0.3) is 0 Å². The zero-order valence-corrected chi connectivity index (χ0v) is 23.5. The Morgan fingerprint density at radius 3 is 2.70 bits per heavy atom. The molecule has 1 N–H and O–H groups in total. The molecule has 12 heteroatoms. The molecule has 5 aromatic rings. The minimum Gasteiger partial charge on any atom is -0.467 e. The third kappa shape index (κ3) is 5.43. The Balaban J connectivity index is 1.28. The first-order valence-electron chi connectivity index (χ1n) is 13.5. The summed E-state index contributed by atoms with van der Waals surface area (Å²) in [6.07, 6.45) is 5.15. The molecule has 3 aromatic heterocycles. The number of hydrogen-bond acceptors (Lipinski definition) is 8. The number of nitrogens with one attached hydrogen (secondary N) is 1. The van der Waals surface area contributed by atoms with Crippen LogP contribution in [0.3, 0.4) is 0 Å². The summed E-state index contributed by atoms with van der Waals surface area (Å²) in [5, 5.41) is 3.87. The number of nitrogens with zero attached hydrogens (tertiary/aromatic N) is 6. The summed E-state index contributed by atoms with van der Waals surface area (Å²) in [6, 6.07) is 8.66. The van der Waals surface area contributed by atoms with Gasteiger partial charge in [-0.1, -0.05) is 24.3 Å². The Labute approximate surface area is 244 Å². The van der Waals surface area contributed by atoms with Crippen molar-refractivity contribution in [3.63, 3.8) is 0 Å². The van der Waals surface area contributed by atoms with Gasteiger partial charge in [-0.25, -0.2) is 23.1 Å². The van der Waals surface area contributed by atoms with E-state index in [1.807, 2.05) is 6.92 Å². The third-order valence-electron chi connectivity index (χ3n) is 7.26. The summed E-state index contributed by atoms with van der Waals surface area (Å²) in [5.74, 6) is -2.23. The van der Waals surface area contributed by atoms with Gasteiger partial charge < -0.3 is 15.0 Å². The molecule has 1 saturated heterocycles. The van der Waals surface area contributed by atoms with Crippen molar-refractivity contribution in [3.05, 3.63) is 83.3 Å². The standard InChI is InChI=1S/C31H26F3N7O2/c1-16-13-19(37-17(2)36-16)8-10-24(42)41-12-11-20(15-41)38-30-22-14-35-28(27(34)29(22)39-31(40-30)43-3)21-6-4-5-18-7-9-23(32)26(33)25(18)21/h4-10,13-14,20H,11-12,15H2,1-3H3,(H,38,39,40)/b10-8+. The monoisotopic (exact) mass is 585 g/mol. The number of benzene rings is 2. The molecule has 1 aliphatic rings. The molecular weight excluding hydrogens is 559 g/mol. The number of pyridine rings is 1. The number of hydrogen-bond donors (Lipinski definition) is 1. The molecule has 1 fully saturated rings. The van der Waals surface area contributed by atoms with E-state index in [9.17, 15) is 13.6 Å². The largest absolute Gasteiger partial charge is 0.467 e. The third-order valence-corrected chi connectivity index (χ3v) is 7.26. The van der Waals surface area contributed by atoms with E-state index in [2.05, 4.69) is 30.2 Å². The van der Waals surface area contributed by atoms with Crippen molar-refractivity contribution in [2.45, 2.75) is 26.3 Å². The van der Waals surface area contributed by atoms with E-state index >= 15 is 4.39 Å². The fourth-order valence-corrected chi connectivity index (χ4v) is 5.30. The number of fused-ring (bicyclic) bond motifs is 2. The second kappa shape index (κ2) is 11.3. The van der Waals surface area contributed by atoms with E-state index in [-0.39, 0.29) is 51.3 Å². The van der Waals surface area contributed by atoms with Gasteiger partial charge >= 0.3 is 6.01 Å². The van der Waals surface area contributed by atoms with E-state index in [0.29, 0.717) is 36.4 Å². The molecule has 0 saturated carbocycles. The normalized spacial score (nSPS) is 15.1. The maximum absolute atomic E-state index is 16.0. The van der Waals surface area contributed by atoms with Crippen LogP contribution in [0.25, 0.3) is 39.0 Å². The lowest BCUT2D eigenvalue weighted by atomic mass is 10.00. The highest BCUT2D eigenvalue weighted by Gasteiger charge is 2.27. The van der Waals surface area contributed by atoms with Crippen molar-refractivity contribution in [2.24, 2.45) is 0 Å². The maximum atomic E-state index is 16.0. The highest BCUT2D eigenvalue weighted by molar-refractivity contribution is 5.99. The number of halogens is 3. The summed E-state index contributed by atoms with van der Waals surface area (Å²) in [5.41, 5.74) is 1.27. The van der Waals surface area contributed by atoms with Crippen LogP contribution in [0, 0.1) is 31.3 Å². The second-order valence-electron chi connectivity index (χ2n) is 10.2. The average molecular weight is 586 g/mol. The van der Waals surface area contributed by atoms with Crippen LogP contribution in [0.5, 0.6) is 6.01 Å². The molecule has 2 aromatic carbocycles. The predicted molar refractivity (Wildman–Crippen MR) is 156 cm³/mol. The Morgan fingerprint density at radius 1 is 1.07 bits per heavy atom. The molecule has 1 unspecified atom stereocenters. The van der Waals surface area contributed by atoms with Crippen LogP contribution in [0.2, 0.25) is 0 Å². The van der Waals surface area contributed by atoms with Gasteiger partial charge in [0.05, 0.1) is 18.2 Å². The first kappa shape index (κ1) is 28.0. The maximum Gasteiger partial charge on any atom is 0.318 e. The van der Waals surface area contributed by atoms with E-state index in [1.54, 1.807) is 36.1 Å². The fourth-order valence-electron chi connectivity index (χ4n) is 5.30. The van der Waals surface area contributed by atoms with Crippen LogP contribution >= 0.6 is 0 Å². The molecule has 4 heterocycles. The highest BCUT2D eigenvalue weighted by Crippen LogP contribution is 2.35. The Morgan fingerprint density at radius 2 is 1.91 bits per heavy atom. The van der Waals surface area contributed by atoms with Crippen molar-refractivity contribution in [2.75, 3.05) is 25.5 Å². The number of anilines is 1. The zero-order chi connectivity index (χ0) is 30.2. The first-order chi connectivity index (χ1) is 20.7. The summed E-state index contributed by atoms with van der Waals surface area (Å²) < 4.78 is 50.2. The molecule has 9 nitrogen and oxygen atoms in total. The lowest BCUT2D eigenvalue weighted by Gasteiger charge is -2.17. The van der Waals surface area contributed by atoms with Crippen LogP contribution < -0.4 is 10.1 Å². The predicted octanol–water partition coefficient (Wildman–Crippen LogP) is 5.40. The second-order valence-corrected chi connectivity index (χ2v) is 10.2. The van der Waals surface area contributed by atoms with Crippen molar-refractivity contribution in [1.82, 2.24) is 29.8 Å². The number of carbonyl (C=O) groups is 1. The van der Waals surface area contributed by atoms with Crippen LogP contribution in [0.1, 0.15) is 23.6 Å². The Bertz CT molecular complexity index is 1910. The van der Waals surface area contributed by atoms with Gasteiger partial charge in [-0.05, 0) is 43.9 Å². The zero-order valence-electron chi connectivity index (χ0n) is 23.5. The minimum atomic E-state index is -1.09. The molecule has 1 aliphatic heterocycles. The number of carbonyl (C=O) groups excluding carboxylic acids is 1. The summed E-state index contributed by atoms with van der Waals surface area (Å²) in [7, 11) is 1.36. The van der Waals surface area contributed by atoms with Crippen LogP contribution in [0.4, 0.5) is 19.0 Å². The Hall–Kier alpha value is -5.13. The van der Waals surface area contributed by atoms with Gasteiger partial charge in [-0.15, -0.1) is 0 Å². The molecule has 6 rings (SSSR count). The van der Waals surface area contributed by atoms with E-state index < -0.39 is 17.5 Å². The lowest BCUT2D eigenvalue weighted by Crippen LogP contribution is -2.30. The molecule has 1 atom stereocenters. The molecular formula is C31H26F3N7O2.